The van der Waals surface area contributed by atoms with Crippen molar-refractivity contribution >= 4 is 17.4 Å². The zero-order valence-electron chi connectivity index (χ0n) is 12.0. The van der Waals surface area contributed by atoms with Crippen molar-refractivity contribution in [1.82, 2.24) is 0 Å². The maximum absolute atomic E-state index is 13.0. The van der Waals surface area contributed by atoms with E-state index in [1.54, 1.807) is 11.9 Å². The molecule has 1 unspecified atom stereocenters. The third kappa shape index (κ3) is 1.33. The summed E-state index contributed by atoms with van der Waals surface area (Å²) < 4.78 is 0. The van der Waals surface area contributed by atoms with Gasteiger partial charge in [0.1, 0.15) is 5.41 Å². The third-order valence-electron chi connectivity index (χ3n) is 4.76. The number of nitrogens with zero attached hydrogens (tertiary/aromatic N) is 1. The summed E-state index contributed by atoms with van der Waals surface area (Å²) in [5.74, 6) is 0.0584. The quantitative estimate of drug-likeness (QED) is 0.742. The van der Waals surface area contributed by atoms with E-state index >= 15 is 0 Å². The van der Waals surface area contributed by atoms with E-state index in [0.29, 0.717) is 5.56 Å². The number of fused-ring (bicyclic) bond motifs is 4. The Morgan fingerprint density at radius 1 is 1.05 bits per heavy atom. The fourth-order valence-electron chi connectivity index (χ4n) is 3.76. The van der Waals surface area contributed by atoms with E-state index in [4.69, 9.17) is 0 Å². The van der Waals surface area contributed by atoms with E-state index in [9.17, 15) is 9.59 Å². The number of ketones is 1. The molecular weight excluding hydrogens is 262 g/mol. The van der Waals surface area contributed by atoms with Crippen LogP contribution in [0.3, 0.4) is 0 Å². The molecule has 1 heterocycles. The molecule has 0 N–H and O–H groups in total. The van der Waals surface area contributed by atoms with Crippen molar-refractivity contribution in [1.29, 1.82) is 0 Å². The van der Waals surface area contributed by atoms with E-state index < -0.39 is 5.41 Å². The molecule has 1 aliphatic carbocycles. The van der Waals surface area contributed by atoms with Gasteiger partial charge in [0.05, 0.1) is 0 Å². The number of likely N-dealkylation sites (N-methyl/N-ethyl adjacent to an activating group) is 1. The first kappa shape index (κ1) is 12.3. The first-order chi connectivity index (χ1) is 10.1. The summed E-state index contributed by atoms with van der Waals surface area (Å²) in [7, 11) is 1.79. The van der Waals surface area contributed by atoms with Crippen molar-refractivity contribution < 1.29 is 9.59 Å². The van der Waals surface area contributed by atoms with Gasteiger partial charge in [0.2, 0.25) is 5.91 Å². The molecule has 0 bridgehead atoms. The standard InChI is InChI=1S/C18H15NO2/c1-11-7-8-15-14(9-11)18(17(21)19(15)2)10-16(20)12-5-3-4-6-13(12)18/h3-9H,10H2,1-2H3. The Morgan fingerprint density at radius 2 is 1.81 bits per heavy atom. The number of anilines is 1. The van der Waals surface area contributed by atoms with Crippen LogP contribution in [-0.4, -0.2) is 18.7 Å². The average molecular weight is 277 g/mol. The second-order valence-electron chi connectivity index (χ2n) is 5.94. The molecule has 4 rings (SSSR count). The minimum Gasteiger partial charge on any atom is -0.314 e. The van der Waals surface area contributed by atoms with Crippen molar-refractivity contribution in [2.75, 3.05) is 11.9 Å². The lowest BCUT2D eigenvalue weighted by atomic mass is 9.76. The zero-order valence-corrected chi connectivity index (χ0v) is 12.0. The van der Waals surface area contributed by atoms with Gasteiger partial charge in [-0.05, 0) is 24.1 Å². The van der Waals surface area contributed by atoms with Gasteiger partial charge in [0.15, 0.2) is 5.78 Å². The summed E-state index contributed by atoms with van der Waals surface area (Å²) in [5.41, 5.74) is 3.71. The number of aryl methyl sites for hydroxylation is 1. The number of hydrogen-bond acceptors (Lipinski definition) is 2. The minimum absolute atomic E-state index is 0.00130. The van der Waals surface area contributed by atoms with Gasteiger partial charge < -0.3 is 4.90 Å². The second kappa shape index (κ2) is 3.82. The monoisotopic (exact) mass is 277 g/mol. The van der Waals surface area contributed by atoms with Crippen LogP contribution in [0.15, 0.2) is 42.5 Å². The Morgan fingerprint density at radius 3 is 2.62 bits per heavy atom. The molecule has 0 saturated heterocycles. The van der Waals surface area contributed by atoms with Gasteiger partial charge in [-0.25, -0.2) is 0 Å². The zero-order chi connectivity index (χ0) is 14.8. The van der Waals surface area contributed by atoms with Crippen LogP contribution in [0.25, 0.3) is 0 Å². The Balaban J connectivity index is 2.09. The number of Topliss-reactive ketones (excluding diaryl/α,β-unsaturated/α-hetero) is 1. The molecule has 2 aromatic carbocycles. The predicted molar refractivity (Wildman–Crippen MR) is 80.8 cm³/mol. The fourth-order valence-corrected chi connectivity index (χ4v) is 3.76. The number of amides is 1. The van der Waals surface area contributed by atoms with Crippen LogP contribution in [0.5, 0.6) is 0 Å². The maximum Gasteiger partial charge on any atom is 0.242 e. The van der Waals surface area contributed by atoms with Gasteiger partial charge in [-0.1, -0.05) is 42.0 Å². The van der Waals surface area contributed by atoms with Gasteiger partial charge in [-0.2, -0.15) is 0 Å². The van der Waals surface area contributed by atoms with Gasteiger partial charge in [-0.3, -0.25) is 9.59 Å². The number of carbonyl (C=O) groups excluding carboxylic acids is 2. The Kier molecular flexibility index (Phi) is 2.24. The molecule has 3 heteroatoms. The van der Waals surface area contributed by atoms with Crippen LogP contribution in [0.2, 0.25) is 0 Å². The molecule has 0 aromatic heterocycles. The van der Waals surface area contributed by atoms with Gasteiger partial charge >= 0.3 is 0 Å². The smallest absolute Gasteiger partial charge is 0.242 e. The van der Waals surface area contributed by atoms with Crippen LogP contribution in [0, 0.1) is 6.92 Å². The predicted octanol–water partition coefficient (Wildman–Crippen LogP) is 2.84. The van der Waals surface area contributed by atoms with Crippen molar-refractivity contribution in [2.24, 2.45) is 0 Å². The van der Waals surface area contributed by atoms with Gasteiger partial charge in [0.25, 0.3) is 0 Å². The molecular formula is C18H15NO2. The van der Waals surface area contributed by atoms with Crippen LogP contribution >= 0.6 is 0 Å². The largest absolute Gasteiger partial charge is 0.314 e. The highest BCUT2D eigenvalue weighted by Crippen LogP contribution is 2.52. The minimum atomic E-state index is -0.816. The van der Waals surface area contributed by atoms with Crippen molar-refractivity contribution in [3.63, 3.8) is 0 Å². The molecule has 104 valence electrons. The van der Waals surface area contributed by atoms with E-state index in [1.165, 1.54) is 0 Å². The highest BCUT2D eigenvalue weighted by molar-refractivity contribution is 6.18. The summed E-state index contributed by atoms with van der Waals surface area (Å²) in [4.78, 5) is 27.1. The summed E-state index contributed by atoms with van der Waals surface area (Å²) in [5, 5.41) is 0. The fraction of sp³-hybridized carbons (Fsp3) is 0.222. The first-order valence-corrected chi connectivity index (χ1v) is 7.08. The summed E-state index contributed by atoms with van der Waals surface area (Å²) in [6, 6.07) is 13.5. The lowest BCUT2D eigenvalue weighted by Gasteiger charge is -2.23. The molecule has 1 aliphatic heterocycles. The molecule has 1 atom stereocenters. The number of hydrogen-bond donors (Lipinski definition) is 0. The summed E-state index contributed by atoms with van der Waals surface area (Å²) >= 11 is 0. The summed E-state index contributed by atoms with van der Waals surface area (Å²) in [6.45, 7) is 2.01. The third-order valence-corrected chi connectivity index (χ3v) is 4.76. The van der Waals surface area contributed by atoms with Crippen molar-refractivity contribution in [3.05, 3.63) is 64.7 Å². The lowest BCUT2D eigenvalue weighted by molar-refractivity contribution is -0.121. The summed E-state index contributed by atoms with van der Waals surface area (Å²) in [6.07, 6.45) is 0.242. The Labute approximate surface area is 123 Å². The number of rotatable bonds is 0. The normalized spacial score (nSPS) is 22.9. The maximum atomic E-state index is 13.0. The van der Waals surface area contributed by atoms with Crippen LogP contribution in [0.4, 0.5) is 5.69 Å². The van der Waals surface area contributed by atoms with E-state index in [1.807, 2.05) is 49.4 Å². The van der Waals surface area contributed by atoms with E-state index in [-0.39, 0.29) is 18.1 Å². The van der Waals surface area contributed by atoms with Crippen LogP contribution in [-0.2, 0) is 10.2 Å². The molecule has 2 aliphatic rings. The highest BCUT2D eigenvalue weighted by atomic mass is 16.2. The van der Waals surface area contributed by atoms with Crippen LogP contribution < -0.4 is 4.90 Å². The lowest BCUT2D eigenvalue weighted by Crippen LogP contribution is -2.38. The highest BCUT2D eigenvalue weighted by Gasteiger charge is 2.56. The molecule has 0 radical (unpaired) electrons. The molecule has 0 saturated carbocycles. The molecule has 0 fully saturated rings. The number of carbonyl (C=O) groups is 2. The Hall–Kier alpha value is -2.42. The van der Waals surface area contributed by atoms with E-state index in [2.05, 4.69) is 0 Å². The van der Waals surface area contributed by atoms with Gasteiger partial charge in [0, 0.05) is 24.7 Å². The van der Waals surface area contributed by atoms with Gasteiger partial charge in [-0.15, -0.1) is 0 Å². The Bertz CT molecular complexity index is 809. The molecule has 21 heavy (non-hydrogen) atoms. The average Bonchev–Trinajstić information content (AvgIpc) is 2.90. The number of benzene rings is 2. The molecule has 3 nitrogen and oxygen atoms in total. The first-order valence-electron chi connectivity index (χ1n) is 7.08. The van der Waals surface area contributed by atoms with Crippen molar-refractivity contribution in [2.45, 2.75) is 18.8 Å². The molecule has 1 amide bonds. The van der Waals surface area contributed by atoms with E-state index in [0.717, 1.165) is 22.4 Å². The molecule has 2 aromatic rings. The van der Waals surface area contributed by atoms with Crippen LogP contribution in [0.1, 0.15) is 33.5 Å². The van der Waals surface area contributed by atoms with Crippen molar-refractivity contribution in [3.8, 4) is 0 Å². The topological polar surface area (TPSA) is 37.4 Å². The molecule has 1 spiro atoms. The SMILES string of the molecule is Cc1ccc2c(c1)C1(CC(=O)c3ccccc31)C(=O)N2C. The second-order valence-corrected chi connectivity index (χ2v) is 5.94.